The van der Waals surface area contributed by atoms with Crippen LogP contribution in [0.3, 0.4) is 0 Å². The lowest BCUT2D eigenvalue weighted by Gasteiger charge is -2.39. The molecule has 0 heterocycles. The number of hydrogen-bond acceptors (Lipinski definition) is 3. The van der Waals surface area contributed by atoms with Gasteiger partial charge in [-0.25, -0.2) is 0 Å². The molecule has 1 fully saturated rings. The van der Waals surface area contributed by atoms with Crippen LogP contribution < -0.4 is 0 Å². The fraction of sp³-hybridized carbons (Fsp3) is 0.750. The Morgan fingerprint density at radius 1 is 1.82 bits per heavy atom. The number of methoxy groups -OCH3 is 1. The van der Waals surface area contributed by atoms with Gasteiger partial charge < -0.3 is 4.74 Å². The molecular formula is C8H11NO2. The Morgan fingerprint density at radius 3 is 2.55 bits per heavy atom. The van der Waals surface area contributed by atoms with Crippen molar-refractivity contribution in [1.82, 2.24) is 0 Å². The summed E-state index contributed by atoms with van der Waals surface area (Å²) in [6.07, 6.45) is 1.60. The zero-order valence-electron chi connectivity index (χ0n) is 6.76. The van der Waals surface area contributed by atoms with Crippen molar-refractivity contribution < 1.29 is 9.53 Å². The molecule has 1 aliphatic carbocycles. The number of rotatable bonds is 1. The highest BCUT2D eigenvalue weighted by Crippen LogP contribution is 2.46. The van der Waals surface area contributed by atoms with E-state index in [1.54, 1.807) is 0 Å². The first-order chi connectivity index (χ1) is 5.17. The molecule has 0 unspecified atom stereocenters. The van der Waals surface area contributed by atoms with E-state index in [4.69, 9.17) is 5.26 Å². The molecule has 0 aliphatic heterocycles. The summed E-state index contributed by atoms with van der Waals surface area (Å²) in [6, 6.07) is 2.04. The van der Waals surface area contributed by atoms with E-state index >= 15 is 0 Å². The largest absolute Gasteiger partial charge is 0.468 e. The Bertz CT molecular complexity index is 219. The smallest absolute Gasteiger partial charge is 0.326 e. The van der Waals surface area contributed by atoms with Crippen molar-refractivity contribution in [2.75, 3.05) is 7.11 Å². The molecular weight excluding hydrogens is 142 g/mol. The van der Waals surface area contributed by atoms with E-state index in [1.807, 2.05) is 13.0 Å². The molecule has 1 saturated carbocycles. The molecule has 0 aromatic rings. The number of nitrogens with zero attached hydrogens (tertiary/aromatic N) is 1. The van der Waals surface area contributed by atoms with Crippen LogP contribution in [-0.4, -0.2) is 13.1 Å². The van der Waals surface area contributed by atoms with E-state index in [2.05, 4.69) is 4.74 Å². The maximum atomic E-state index is 11.1. The number of esters is 1. The predicted molar refractivity (Wildman–Crippen MR) is 38.5 cm³/mol. The molecule has 1 rings (SSSR count). The third-order valence-electron chi connectivity index (χ3n) is 2.56. The normalized spacial score (nSPS) is 35.2. The lowest BCUT2D eigenvalue weighted by molar-refractivity contribution is -0.157. The van der Waals surface area contributed by atoms with Crippen LogP contribution in [0.5, 0.6) is 0 Å². The maximum Gasteiger partial charge on any atom is 0.326 e. The molecule has 3 heteroatoms. The van der Waals surface area contributed by atoms with Gasteiger partial charge in [-0.3, -0.25) is 4.79 Å². The molecule has 0 radical (unpaired) electrons. The lowest BCUT2D eigenvalue weighted by atomic mass is 9.62. The summed E-state index contributed by atoms with van der Waals surface area (Å²) >= 11 is 0. The van der Waals surface area contributed by atoms with E-state index in [-0.39, 0.29) is 11.9 Å². The summed E-state index contributed by atoms with van der Waals surface area (Å²) in [5.74, 6) is -0.223. The summed E-state index contributed by atoms with van der Waals surface area (Å²) in [4.78, 5) is 11.1. The van der Waals surface area contributed by atoms with Crippen LogP contribution in [-0.2, 0) is 9.53 Å². The van der Waals surface area contributed by atoms with E-state index in [1.165, 1.54) is 7.11 Å². The van der Waals surface area contributed by atoms with Crippen LogP contribution in [0.25, 0.3) is 0 Å². The maximum absolute atomic E-state index is 11.1. The van der Waals surface area contributed by atoms with Gasteiger partial charge in [0.1, 0.15) is 0 Å². The summed E-state index contributed by atoms with van der Waals surface area (Å²) in [7, 11) is 1.33. The molecule has 0 aromatic carbocycles. The topological polar surface area (TPSA) is 50.1 Å². The van der Waals surface area contributed by atoms with Gasteiger partial charge in [-0.15, -0.1) is 0 Å². The first-order valence-corrected chi connectivity index (χ1v) is 3.67. The summed E-state index contributed by atoms with van der Waals surface area (Å²) < 4.78 is 4.56. The predicted octanol–water partition coefficient (Wildman–Crippen LogP) is 1.10. The molecule has 0 N–H and O–H groups in total. The summed E-state index contributed by atoms with van der Waals surface area (Å²) in [5, 5.41) is 8.76. The van der Waals surface area contributed by atoms with Gasteiger partial charge in [-0.2, -0.15) is 5.26 Å². The Kier molecular flexibility index (Phi) is 1.86. The Balaban J connectivity index is 2.79. The van der Waals surface area contributed by atoms with Gasteiger partial charge in [-0.05, 0) is 18.8 Å². The summed E-state index contributed by atoms with van der Waals surface area (Å²) in [6.45, 7) is 1.91. The number of ether oxygens (including phenoxy) is 1. The molecule has 0 amide bonds. The Morgan fingerprint density at radius 2 is 2.45 bits per heavy atom. The number of carbonyl (C=O) groups is 1. The van der Waals surface area contributed by atoms with E-state index < -0.39 is 5.41 Å². The fourth-order valence-corrected chi connectivity index (χ4v) is 1.42. The van der Waals surface area contributed by atoms with Gasteiger partial charge in [0.05, 0.1) is 13.2 Å². The SMILES string of the molecule is COC(=O)[C@]1(C#N)CC[C@@H]1C. The Labute approximate surface area is 66.0 Å². The monoisotopic (exact) mass is 153 g/mol. The van der Waals surface area contributed by atoms with Crippen molar-refractivity contribution in [3.05, 3.63) is 0 Å². The van der Waals surface area contributed by atoms with Crippen molar-refractivity contribution in [3.63, 3.8) is 0 Å². The fourth-order valence-electron chi connectivity index (χ4n) is 1.42. The van der Waals surface area contributed by atoms with Crippen LogP contribution >= 0.6 is 0 Å². The standard InChI is InChI=1S/C8H11NO2/c1-6-3-4-8(6,5-9)7(10)11-2/h6H,3-4H2,1-2H3/t6-,8-/m0/s1. The van der Waals surface area contributed by atoms with E-state index in [0.717, 1.165) is 6.42 Å². The minimum atomic E-state index is -0.825. The van der Waals surface area contributed by atoms with Crippen molar-refractivity contribution in [1.29, 1.82) is 5.26 Å². The van der Waals surface area contributed by atoms with Gasteiger partial charge in [0.25, 0.3) is 0 Å². The average Bonchev–Trinajstić information content (AvgIpc) is 2.03. The second-order valence-electron chi connectivity index (χ2n) is 3.01. The van der Waals surface area contributed by atoms with E-state index in [0.29, 0.717) is 6.42 Å². The van der Waals surface area contributed by atoms with Gasteiger partial charge >= 0.3 is 5.97 Å². The Hall–Kier alpha value is -1.04. The summed E-state index contributed by atoms with van der Waals surface area (Å²) in [5.41, 5.74) is -0.825. The average molecular weight is 153 g/mol. The second kappa shape index (κ2) is 2.54. The van der Waals surface area contributed by atoms with Crippen molar-refractivity contribution in [2.45, 2.75) is 19.8 Å². The molecule has 1 aliphatic rings. The van der Waals surface area contributed by atoms with Gasteiger partial charge in [-0.1, -0.05) is 6.92 Å². The third kappa shape index (κ3) is 0.900. The van der Waals surface area contributed by atoms with E-state index in [9.17, 15) is 4.79 Å². The minimum Gasteiger partial charge on any atom is -0.468 e. The van der Waals surface area contributed by atoms with Gasteiger partial charge in [0.15, 0.2) is 5.41 Å². The molecule has 2 atom stereocenters. The van der Waals surface area contributed by atoms with Gasteiger partial charge in [0.2, 0.25) is 0 Å². The first-order valence-electron chi connectivity index (χ1n) is 3.67. The first kappa shape index (κ1) is 8.06. The molecule has 3 nitrogen and oxygen atoms in total. The van der Waals surface area contributed by atoms with Gasteiger partial charge in [0, 0.05) is 0 Å². The highest BCUT2D eigenvalue weighted by molar-refractivity contribution is 5.81. The molecule has 0 spiro atoms. The highest BCUT2D eigenvalue weighted by Gasteiger charge is 2.52. The molecule has 0 bridgehead atoms. The molecule has 60 valence electrons. The van der Waals surface area contributed by atoms with Crippen molar-refractivity contribution in [2.24, 2.45) is 11.3 Å². The third-order valence-corrected chi connectivity index (χ3v) is 2.56. The van der Waals surface area contributed by atoms with Crippen molar-refractivity contribution in [3.8, 4) is 6.07 Å². The second-order valence-corrected chi connectivity index (χ2v) is 3.01. The van der Waals surface area contributed by atoms with Crippen LogP contribution in [0.2, 0.25) is 0 Å². The molecule has 11 heavy (non-hydrogen) atoms. The minimum absolute atomic E-state index is 0.153. The highest BCUT2D eigenvalue weighted by atomic mass is 16.5. The molecule has 0 aromatic heterocycles. The number of hydrogen-bond donors (Lipinski definition) is 0. The number of nitriles is 1. The lowest BCUT2D eigenvalue weighted by Crippen LogP contribution is -2.44. The molecule has 0 saturated heterocycles. The van der Waals surface area contributed by atoms with Crippen LogP contribution in [0.4, 0.5) is 0 Å². The zero-order chi connectivity index (χ0) is 8.48. The van der Waals surface area contributed by atoms with Crippen LogP contribution in [0.15, 0.2) is 0 Å². The van der Waals surface area contributed by atoms with Crippen LogP contribution in [0.1, 0.15) is 19.8 Å². The van der Waals surface area contributed by atoms with Crippen molar-refractivity contribution >= 4 is 5.97 Å². The number of carbonyl (C=O) groups excluding carboxylic acids is 1. The zero-order valence-corrected chi connectivity index (χ0v) is 6.76. The quantitative estimate of drug-likeness (QED) is 0.530. The van der Waals surface area contributed by atoms with Crippen LogP contribution in [0, 0.1) is 22.7 Å².